The van der Waals surface area contributed by atoms with Crippen molar-refractivity contribution in [2.75, 3.05) is 4.31 Å². The van der Waals surface area contributed by atoms with Crippen molar-refractivity contribution in [2.24, 2.45) is 0 Å². The van der Waals surface area contributed by atoms with Gasteiger partial charge in [0.15, 0.2) is 0 Å². The molecule has 0 fully saturated rings. The van der Waals surface area contributed by atoms with Crippen LogP contribution in [0.1, 0.15) is 24.1 Å². The Balaban J connectivity index is 2.04. The summed E-state index contributed by atoms with van der Waals surface area (Å²) in [5.74, 6) is -0.404. The minimum atomic E-state index is -3.77. The number of nitrogens with zero attached hydrogens (tertiary/aromatic N) is 1. The second-order valence-electron chi connectivity index (χ2n) is 5.14. The maximum absolute atomic E-state index is 12.8. The average molecular weight is 416 g/mol. The van der Waals surface area contributed by atoms with Gasteiger partial charge < -0.3 is 0 Å². The number of aryl methyl sites for hydroxylation is 3. The number of anilines is 1. The van der Waals surface area contributed by atoms with Gasteiger partial charge in [-0.05, 0) is 0 Å². The number of hydrogen-bond acceptors (Lipinski definition) is 5. The molecule has 8 heteroatoms. The molecule has 0 aromatic carbocycles. The Kier molecular flexibility index (Phi) is 3.03. The predicted octanol–water partition coefficient (Wildman–Crippen LogP) is 3.29. The predicted molar refractivity (Wildman–Crippen MR) is 91.3 cm³/mol. The van der Waals surface area contributed by atoms with Gasteiger partial charge in [-0.3, -0.25) is 0 Å². The molecule has 0 N–H and O–H groups in total. The monoisotopic (exact) mass is 417 g/mol. The van der Waals surface area contributed by atoms with E-state index in [4.69, 9.17) is 0 Å². The van der Waals surface area contributed by atoms with Crippen molar-refractivity contribution in [1.82, 2.24) is 0 Å². The van der Waals surface area contributed by atoms with Crippen molar-refractivity contribution in [1.29, 1.82) is 0 Å². The Labute approximate surface area is 141 Å². The first-order chi connectivity index (χ1) is 10.3. The first kappa shape index (κ1) is 14.7. The summed E-state index contributed by atoms with van der Waals surface area (Å²) in [4.78, 5) is 13.8. The molecule has 0 spiro atoms. The van der Waals surface area contributed by atoms with E-state index < -0.39 is 15.9 Å². The average Bonchev–Trinajstić information content (AvgIpc) is 3.10. The molecular formula is C14H11NO3S3Se. The van der Waals surface area contributed by atoms with Gasteiger partial charge in [-0.1, -0.05) is 0 Å². The van der Waals surface area contributed by atoms with Crippen molar-refractivity contribution in [2.45, 2.75) is 25.0 Å². The van der Waals surface area contributed by atoms with Crippen molar-refractivity contribution in [3.05, 3.63) is 31.4 Å². The molecule has 22 heavy (non-hydrogen) atoms. The third-order valence-electron chi connectivity index (χ3n) is 3.65. The summed E-state index contributed by atoms with van der Waals surface area (Å²) in [5.41, 5.74) is 0.391. The Morgan fingerprint density at radius 2 is 1.82 bits per heavy atom. The summed E-state index contributed by atoms with van der Waals surface area (Å²) < 4.78 is 30.2. The van der Waals surface area contributed by atoms with Gasteiger partial charge >= 0.3 is 142 Å². The number of sulfonamides is 1. The summed E-state index contributed by atoms with van der Waals surface area (Å²) in [6.45, 7) is 5.92. The van der Waals surface area contributed by atoms with E-state index in [0.717, 1.165) is 23.7 Å². The van der Waals surface area contributed by atoms with E-state index in [1.807, 2.05) is 26.8 Å². The first-order valence-electron chi connectivity index (χ1n) is 6.51. The normalized spacial score (nSPS) is 16.7. The number of amides is 1. The standard InChI is InChI=1S/C14H11NO3S3Se/c1-6-4-5-9(19-6)15-13(16)11-10-7(2)22-8(3)12(10)20-14(11)21(15,17)18/h4-5H,1-3H3. The van der Waals surface area contributed by atoms with Crippen molar-refractivity contribution in [3.8, 4) is 0 Å². The zero-order valence-corrected chi connectivity index (χ0v) is 16.1. The van der Waals surface area contributed by atoms with Gasteiger partial charge in [-0.25, -0.2) is 0 Å². The van der Waals surface area contributed by atoms with Crippen LogP contribution in [-0.2, 0) is 10.0 Å². The number of rotatable bonds is 1. The molecule has 0 aliphatic carbocycles. The second-order valence-corrected chi connectivity index (χ2v) is 12.4. The van der Waals surface area contributed by atoms with Crippen LogP contribution in [-0.4, -0.2) is 28.8 Å². The summed E-state index contributed by atoms with van der Waals surface area (Å²) in [5, 5.41) is 1.35. The third kappa shape index (κ3) is 1.73. The number of thiophene rings is 2. The Bertz CT molecular complexity index is 1050. The molecule has 0 saturated heterocycles. The SMILES string of the molecule is Cc1ccc(N2C(=O)c3c(sc4c(C)[se]c(C)c34)S2(=O)=O)s1. The molecule has 4 heterocycles. The van der Waals surface area contributed by atoms with Crippen LogP contribution in [0, 0.1) is 20.8 Å². The summed E-state index contributed by atoms with van der Waals surface area (Å²) in [6.07, 6.45) is 0. The van der Waals surface area contributed by atoms with Gasteiger partial charge in [0, 0.05) is 0 Å². The minimum absolute atomic E-state index is 0.211. The van der Waals surface area contributed by atoms with Crippen LogP contribution < -0.4 is 4.31 Å². The van der Waals surface area contributed by atoms with Crippen LogP contribution in [0.25, 0.3) is 10.1 Å². The van der Waals surface area contributed by atoms with E-state index >= 15 is 0 Å². The maximum atomic E-state index is 12.8. The van der Waals surface area contributed by atoms with E-state index in [1.54, 1.807) is 6.07 Å². The third-order valence-corrected chi connectivity index (χ3v) is 10.7. The van der Waals surface area contributed by atoms with E-state index in [0.29, 0.717) is 10.6 Å². The van der Waals surface area contributed by atoms with Crippen LogP contribution in [0.3, 0.4) is 0 Å². The Morgan fingerprint density at radius 3 is 2.45 bits per heavy atom. The molecule has 1 amide bonds. The van der Waals surface area contributed by atoms with Crippen LogP contribution in [0.2, 0.25) is 0 Å². The molecule has 114 valence electrons. The van der Waals surface area contributed by atoms with E-state index in [2.05, 4.69) is 0 Å². The fraction of sp³-hybridized carbons (Fsp3) is 0.214. The molecule has 0 atom stereocenters. The zero-order chi connectivity index (χ0) is 15.8. The molecule has 3 aromatic heterocycles. The summed E-state index contributed by atoms with van der Waals surface area (Å²) in [6, 6.07) is 3.53. The van der Waals surface area contributed by atoms with Gasteiger partial charge in [-0.2, -0.15) is 0 Å². The summed E-state index contributed by atoms with van der Waals surface area (Å²) >= 11 is 2.80. The van der Waals surface area contributed by atoms with Crippen molar-refractivity contribution in [3.63, 3.8) is 0 Å². The Morgan fingerprint density at radius 1 is 1.09 bits per heavy atom. The number of fused-ring (bicyclic) bond motifs is 3. The molecule has 1 aliphatic rings. The van der Waals surface area contributed by atoms with E-state index in [-0.39, 0.29) is 18.7 Å². The van der Waals surface area contributed by atoms with E-state index in [1.165, 1.54) is 27.1 Å². The first-order valence-corrected chi connectivity index (χ1v) is 11.3. The van der Waals surface area contributed by atoms with Crippen molar-refractivity contribution < 1.29 is 13.2 Å². The fourth-order valence-electron chi connectivity index (χ4n) is 2.74. The number of carbonyl (C=O) groups excluding carboxylic acids is 1. The number of hydrogen-bond donors (Lipinski definition) is 0. The molecule has 0 saturated carbocycles. The van der Waals surface area contributed by atoms with Gasteiger partial charge in [0.25, 0.3) is 0 Å². The second kappa shape index (κ2) is 4.55. The quantitative estimate of drug-likeness (QED) is 0.572. The van der Waals surface area contributed by atoms with Crippen LogP contribution in [0.15, 0.2) is 16.3 Å². The molecule has 4 nitrogen and oxygen atoms in total. The molecule has 4 rings (SSSR count). The van der Waals surface area contributed by atoms with Gasteiger partial charge in [0.2, 0.25) is 0 Å². The van der Waals surface area contributed by atoms with Crippen LogP contribution in [0.5, 0.6) is 0 Å². The molecule has 0 bridgehead atoms. The molecule has 1 aliphatic heterocycles. The van der Waals surface area contributed by atoms with Gasteiger partial charge in [-0.15, -0.1) is 0 Å². The number of carbonyl (C=O) groups is 1. The molecule has 0 unspecified atom stereocenters. The van der Waals surface area contributed by atoms with Crippen molar-refractivity contribution >= 4 is 68.2 Å². The molecular weight excluding hydrogens is 405 g/mol. The molecule has 0 radical (unpaired) electrons. The van der Waals surface area contributed by atoms with Crippen LogP contribution >= 0.6 is 22.7 Å². The zero-order valence-electron chi connectivity index (χ0n) is 12.0. The van der Waals surface area contributed by atoms with Crippen LogP contribution in [0.4, 0.5) is 5.00 Å². The topological polar surface area (TPSA) is 54.5 Å². The van der Waals surface area contributed by atoms with E-state index in [9.17, 15) is 13.2 Å². The van der Waals surface area contributed by atoms with Gasteiger partial charge in [0.1, 0.15) is 0 Å². The van der Waals surface area contributed by atoms with Gasteiger partial charge in [0.05, 0.1) is 0 Å². The molecule has 3 aromatic rings. The fourth-order valence-corrected chi connectivity index (χ4v) is 9.65. The summed E-state index contributed by atoms with van der Waals surface area (Å²) in [7, 11) is -3.77. The Hall–Kier alpha value is -0.921.